The highest BCUT2D eigenvalue weighted by Crippen LogP contribution is 2.29. The van der Waals surface area contributed by atoms with Crippen LogP contribution in [0.5, 0.6) is 0 Å². The van der Waals surface area contributed by atoms with Crippen LogP contribution < -0.4 is 5.32 Å². The molecule has 0 radical (unpaired) electrons. The molecule has 1 N–H and O–H groups in total. The van der Waals surface area contributed by atoms with Crippen molar-refractivity contribution in [3.8, 4) is 0 Å². The van der Waals surface area contributed by atoms with E-state index >= 15 is 0 Å². The highest BCUT2D eigenvalue weighted by atomic mass is 35.5. The maximum absolute atomic E-state index is 11.9. The van der Waals surface area contributed by atoms with E-state index in [-0.39, 0.29) is 5.91 Å². The minimum atomic E-state index is -0.351. The van der Waals surface area contributed by atoms with E-state index in [0.29, 0.717) is 25.8 Å². The van der Waals surface area contributed by atoms with Crippen molar-refractivity contribution in [3.05, 3.63) is 68.1 Å². The predicted molar refractivity (Wildman–Crippen MR) is 90.6 cm³/mol. The third-order valence-corrected chi connectivity index (χ3v) is 3.95. The first-order chi connectivity index (χ1) is 9.97. The molecule has 0 unspecified atom stereocenters. The van der Waals surface area contributed by atoms with Gasteiger partial charge in [-0.05, 0) is 35.9 Å². The van der Waals surface area contributed by atoms with Crippen LogP contribution in [-0.4, -0.2) is 5.91 Å². The van der Waals surface area contributed by atoms with Crippen molar-refractivity contribution >= 4 is 64.1 Å². The Balaban J connectivity index is 2.11. The number of carbonyl (C=O) groups excluding carboxylic acids is 1. The Bertz CT molecular complexity index is 693. The SMILES string of the molecule is O=C(/C=C/c1ccc(Cl)c(Cl)c1)Nc1c(Cl)cccc1Cl. The van der Waals surface area contributed by atoms with Gasteiger partial charge in [0, 0.05) is 6.08 Å². The van der Waals surface area contributed by atoms with Crippen LogP contribution >= 0.6 is 46.4 Å². The molecule has 0 aliphatic heterocycles. The van der Waals surface area contributed by atoms with E-state index in [9.17, 15) is 4.79 Å². The lowest BCUT2D eigenvalue weighted by atomic mass is 10.2. The van der Waals surface area contributed by atoms with Crippen LogP contribution in [-0.2, 0) is 4.79 Å². The molecule has 0 atom stereocenters. The zero-order valence-corrected chi connectivity index (χ0v) is 13.6. The van der Waals surface area contributed by atoms with Crippen LogP contribution in [0.3, 0.4) is 0 Å². The second-order valence-corrected chi connectivity index (χ2v) is 5.72. The topological polar surface area (TPSA) is 29.1 Å². The molecule has 0 spiro atoms. The van der Waals surface area contributed by atoms with Gasteiger partial charge < -0.3 is 5.32 Å². The molecule has 108 valence electrons. The van der Waals surface area contributed by atoms with Crippen molar-refractivity contribution < 1.29 is 4.79 Å². The van der Waals surface area contributed by atoms with Crippen molar-refractivity contribution in [3.63, 3.8) is 0 Å². The zero-order valence-electron chi connectivity index (χ0n) is 10.5. The molecule has 0 fully saturated rings. The zero-order chi connectivity index (χ0) is 15.4. The lowest BCUT2D eigenvalue weighted by Gasteiger charge is -2.06. The number of rotatable bonds is 3. The Morgan fingerprint density at radius 3 is 2.19 bits per heavy atom. The first-order valence-corrected chi connectivity index (χ1v) is 7.36. The summed E-state index contributed by atoms with van der Waals surface area (Å²) in [6.45, 7) is 0. The van der Waals surface area contributed by atoms with Crippen molar-refractivity contribution in [1.29, 1.82) is 0 Å². The summed E-state index contributed by atoms with van der Waals surface area (Å²) in [7, 11) is 0. The van der Waals surface area contributed by atoms with Gasteiger partial charge in [0.15, 0.2) is 0 Å². The number of nitrogens with one attached hydrogen (secondary N) is 1. The molecule has 2 aromatic carbocycles. The number of anilines is 1. The summed E-state index contributed by atoms with van der Waals surface area (Å²) in [6, 6.07) is 10.1. The number of halogens is 4. The molecule has 2 nitrogen and oxygen atoms in total. The van der Waals surface area contributed by atoms with Crippen molar-refractivity contribution in [1.82, 2.24) is 0 Å². The Hall–Kier alpha value is -1.19. The van der Waals surface area contributed by atoms with Crippen LogP contribution in [0.15, 0.2) is 42.5 Å². The van der Waals surface area contributed by atoms with E-state index in [0.717, 1.165) is 5.56 Å². The summed E-state index contributed by atoms with van der Waals surface area (Å²) in [6.07, 6.45) is 2.97. The summed E-state index contributed by atoms with van der Waals surface area (Å²) < 4.78 is 0. The van der Waals surface area contributed by atoms with Crippen LogP contribution in [0, 0.1) is 0 Å². The van der Waals surface area contributed by atoms with E-state index < -0.39 is 0 Å². The van der Waals surface area contributed by atoms with E-state index in [1.807, 2.05) is 0 Å². The third-order valence-electron chi connectivity index (χ3n) is 2.58. The van der Waals surface area contributed by atoms with E-state index in [2.05, 4.69) is 5.32 Å². The van der Waals surface area contributed by atoms with Gasteiger partial charge >= 0.3 is 0 Å². The summed E-state index contributed by atoms with van der Waals surface area (Å²) in [5.41, 5.74) is 1.13. The lowest BCUT2D eigenvalue weighted by molar-refractivity contribution is -0.111. The molecule has 2 rings (SSSR count). The maximum Gasteiger partial charge on any atom is 0.248 e. The van der Waals surface area contributed by atoms with Crippen molar-refractivity contribution in [2.24, 2.45) is 0 Å². The average molecular weight is 361 g/mol. The molecule has 0 heterocycles. The lowest BCUT2D eigenvalue weighted by Crippen LogP contribution is -2.08. The Morgan fingerprint density at radius 2 is 1.57 bits per heavy atom. The first-order valence-electron chi connectivity index (χ1n) is 5.85. The molecule has 0 saturated carbocycles. The molecule has 1 amide bonds. The summed E-state index contributed by atoms with van der Waals surface area (Å²) in [5.74, 6) is -0.351. The molecular weight excluding hydrogens is 352 g/mol. The number of amides is 1. The number of benzene rings is 2. The predicted octanol–water partition coefficient (Wildman–Crippen LogP) is 5.95. The van der Waals surface area contributed by atoms with E-state index in [4.69, 9.17) is 46.4 Å². The minimum Gasteiger partial charge on any atom is -0.320 e. The Kier molecular flexibility index (Phi) is 5.54. The van der Waals surface area contributed by atoms with Gasteiger partial charge in [0.25, 0.3) is 0 Å². The largest absolute Gasteiger partial charge is 0.320 e. The van der Waals surface area contributed by atoms with Gasteiger partial charge in [0.2, 0.25) is 5.91 Å². The molecule has 0 aliphatic rings. The second-order valence-electron chi connectivity index (χ2n) is 4.09. The van der Waals surface area contributed by atoms with Gasteiger partial charge in [-0.15, -0.1) is 0 Å². The fourth-order valence-corrected chi connectivity index (χ4v) is 2.37. The van der Waals surface area contributed by atoms with Gasteiger partial charge in [0.05, 0.1) is 25.8 Å². The van der Waals surface area contributed by atoms with Crippen LogP contribution in [0.4, 0.5) is 5.69 Å². The normalized spacial score (nSPS) is 10.9. The fraction of sp³-hybridized carbons (Fsp3) is 0. The quantitative estimate of drug-likeness (QED) is 0.673. The molecule has 21 heavy (non-hydrogen) atoms. The van der Waals surface area contributed by atoms with Crippen molar-refractivity contribution in [2.75, 3.05) is 5.32 Å². The van der Waals surface area contributed by atoms with E-state index in [1.54, 1.807) is 42.5 Å². The standard InChI is InChI=1S/C15H9Cl4NO/c16-10-6-4-9(8-13(10)19)5-7-14(21)20-15-11(17)2-1-3-12(15)18/h1-8H,(H,20,21)/b7-5+. The average Bonchev–Trinajstić information content (AvgIpc) is 2.44. The fourth-order valence-electron chi connectivity index (χ4n) is 1.57. The minimum absolute atomic E-state index is 0.351. The summed E-state index contributed by atoms with van der Waals surface area (Å²) >= 11 is 23.7. The number of para-hydroxylation sites is 1. The Morgan fingerprint density at radius 1 is 0.905 bits per heavy atom. The third kappa shape index (κ3) is 4.39. The Labute approximate surface area is 142 Å². The number of carbonyl (C=O) groups is 1. The van der Waals surface area contributed by atoms with Gasteiger partial charge in [-0.3, -0.25) is 4.79 Å². The first kappa shape index (κ1) is 16.2. The second kappa shape index (κ2) is 7.19. The van der Waals surface area contributed by atoms with Crippen LogP contribution in [0.2, 0.25) is 20.1 Å². The van der Waals surface area contributed by atoms with Gasteiger partial charge in [-0.25, -0.2) is 0 Å². The van der Waals surface area contributed by atoms with E-state index in [1.165, 1.54) is 6.08 Å². The van der Waals surface area contributed by atoms with Gasteiger partial charge in [0.1, 0.15) is 0 Å². The molecular formula is C15H9Cl4NO. The van der Waals surface area contributed by atoms with Crippen LogP contribution in [0.25, 0.3) is 6.08 Å². The summed E-state index contributed by atoms with van der Waals surface area (Å²) in [5, 5.41) is 4.26. The summed E-state index contributed by atoms with van der Waals surface area (Å²) in [4.78, 5) is 11.9. The van der Waals surface area contributed by atoms with Gasteiger partial charge in [-0.2, -0.15) is 0 Å². The molecule has 0 bridgehead atoms. The number of hydrogen-bond acceptors (Lipinski definition) is 1. The molecule has 6 heteroatoms. The molecule has 2 aromatic rings. The molecule has 0 aromatic heterocycles. The number of hydrogen-bond donors (Lipinski definition) is 1. The molecule has 0 aliphatic carbocycles. The monoisotopic (exact) mass is 359 g/mol. The maximum atomic E-state index is 11.9. The highest BCUT2D eigenvalue weighted by molar-refractivity contribution is 6.42. The highest BCUT2D eigenvalue weighted by Gasteiger charge is 2.07. The van der Waals surface area contributed by atoms with Gasteiger partial charge in [-0.1, -0.05) is 58.5 Å². The van der Waals surface area contributed by atoms with Crippen molar-refractivity contribution in [2.45, 2.75) is 0 Å². The smallest absolute Gasteiger partial charge is 0.248 e. The van der Waals surface area contributed by atoms with Crippen LogP contribution in [0.1, 0.15) is 5.56 Å². The molecule has 0 saturated heterocycles.